The van der Waals surface area contributed by atoms with Crippen molar-refractivity contribution in [2.75, 3.05) is 13.1 Å². The summed E-state index contributed by atoms with van der Waals surface area (Å²) in [5.41, 5.74) is 1.00. The van der Waals surface area contributed by atoms with Crippen molar-refractivity contribution in [3.8, 4) is 0 Å². The van der Waals surface area contributed by atoms with Gasteiger partial charge in [-0.15, -0.1) is 0 Å². The van der Waals surface area contributed by atoms with E-state index in [1.165, 1.54) is 0 Å². The largest absolute Gasteiger partial charge is 0.481 e. The van der Waals surface area contributed by atoms with Gasteiger partial charge in [0.1, 0.15) is 0 Å². The highest BCUT2D eigenvalue weighted by molar-refractivity contribution is 5.79. The van der Waals surface area contributed by atoms with Crippen LogP contribution >= 0.6 is 0 Å². The third-order valence-electron chi connectivity index (χ3n) is 4.85. The standard InChI is InChI=1S/C18H25NO3/c1-12(2)13(3)9-17(20)19-10-15(16(11-19)18(21)22)14-7-5-4-6-8-14/h4-8,12-13,15-16H,9-11H2,1-3H3,(H,21,22). The summed E-state index contributed by atoms with van der Waals surface area (Å²) in [7, 11) is 0. The summed E-state index contributed by atoms with van der Waals surface area (Å²) in [6, 6.07) is 9.65. The van der Waals surface area contributed by atoms with E-state index >= 15 is 0 Å². The van der Waals surface area contributed by atoms with Gasteiger partial charge in [-0.3, -0.25) is 9.59 Å². The minimum atomic E-state index is -0.818. The van der Waals surface area contributed by atoms with Gasteiger partial charge in [-0.05, 0) is 17.4 Å². The van der Waals surface area contributed by atoms with Crippen LogP contribution in [0.2, 0.25) is 0 Å². The topological polar surface area (TPSA) is 57.6 Å². The highest BCUT2D eigenvalue weighted by atomic mass is 16.4. The van der Waals surface area contributed by atoms with E-state index in [0.29, 0.717) is 31.3 Å². The van der Waals surface area contributed by atoms with Gasteiger partial charge >= 0.3 is 5.97 Å². The first-order chi connectivity index (χ1) is 10.4. The van der Waals surface area contributed by atoms with Crippen molar-refractivity contribution >= 4 is 11.9 Å². The van der Waals surface area contributed by atoms with Crippen LogP contribution in [-0.2, 0) is 9.59 Å². The Labute approximate surface area is 132 Å². The van der Waals surface area contributed by atoms with Gasteiger partial charge in [0.15, 0.2) is 0 Å². The SMILES string of the molecule is CC(C)C(C)CC(=O)N1CC(C(=O)O)C(c2ccccc2)C1. The molecule has 0 aromatic heterocycles. The average Bonchev–Trinajstić information content (AvgIpc) is 2.93. The van der Waals surface area contributed by atoms with Crippen LogP contribution in [0.3, 0.4) is 0 Å². The van der Waals surface area contributed by atoms with E-state index in [9.17, 15) is 14.7 Å². The van der Waals surface area contributed by atoms with Gasteiger partial charge in [0.05, 0.1) is 5.92 Å². The molecule has 0 radical (unpaired) electrons. The number of rotatable bonds is 5. The quantitative estimate of drug-likeness (QED) is 0.909. The van der Waals surface area contributed by atoms with Crippen LogP contribution in [0.5, 0.6) is 0 Å². The van der Waals surface area contributed by atoms with E-state index < -0.39 is 11.9 Å². The fraction of sp³-hybridized carbons (Fsp3) is 0.556. The van der Waals surface area contributed by atoms with E-state index in [0.717, 1.165) is 5.56 Å². The molecule has 120 valence electrons. The molecule has 2 rings (SSSR count). The predicted molar refractivity (Wildman–Crippen MR) is 85.5 cm³/mol. The number of nitrogens with zero attached hydrogens (tertiary/aromatic N) is 1. The molecule has 3 unspecified atom stereocenters. The number of amides is 1. The number of hydrogen-bond acceptors (Lipinski definition) is 2. The molecule has 4 heteroatoms. The summed E-state index contributed by atoms with van der Waals surface area (Å²) in [6.07, 6.45) is 0.492. The second-order valence-electron chi connectivity index (χ2n) is 6.69. The zero-order valence-corrected chi connectivity index (χ0v) is 13.5. The first-order valence-corrected chi connectivity index (χ1v) is 7.95. The van der Waals surface area contributed by atoms with E-state index in [-0.39, 0.29) is 11.8 Å². The second-order valence-corrected chi connectivity index (χ2v) is 6.69. The number of carbonyl (C=O) groups excluding carboxylic acids is 1. The van der Waals surface area contributed by atoms with Crippen molar-refractivity contribution in [1.82, 2.24) is 4.90 Å². The Morgan fingerprint density at radius 1 is 1.18 bits per heavy atom. The molecule has 1 heterocycles. The monoisotopic (exact) mass is 303 g/mol. The summed E-state index contributed by atoms with van der Waals surface area (Å²) < 4.78 is 0. The van der Waals surface area contributed by atoms with E-state index in [2.05, 4.69) is 20.8 Å². The molecule has 1 N–H and O–H groups in total. The zero-order chi connectivity index (χ0) is 16.3. The Morgan fingerprint density at radius 2 is 1.82 bits per heavy atom. The maximum Gasteiger partial charge on any atom is 0.308 e. The van der Waals surface area contributed by atoms with Crippen molar-refractivity contribution in [3.05, 3.63) is 35.9 Å². The van der Waals surface area contributed by atoms with Crippen molar-refractivity contribution in [2.45, 2.75) is 33.1 Å². The molecular weight excluding hydrogens is 278 g/mol. The molecule has 0 spiro atoms. The Balaban J connectivity index is 2.11. The minimum Gasteiger partial charge on any atom is -0.481 e. The molecule has 1 amide bonds. The fourth-order valence-electron chi connectivity index (χ4n) is 2.94. The van der Waals surface area contributed by atoms with Crippen LogP contribution < -0.4 is 0 Å². The molecule has 1 fully saturated rings. The third-order valence-corrected chi connectivity index (χ3v) is 4.85. The lowest BCUT2D eigenvalue weighted by Gasteiger charge is -2.21. The summed E-state index contributed by atoms with van der Waals surface area (Å²) in [6.45, 7) is 7.11. The van der Waals surface area contributed by atoms with Crippen LogP contribution in [0, 0.1) is 17.8 Å². The number of likely N-dealkylation sites (tertiary alicyclic amines) is 1. The van der Waals surface area contributed by atoms with Crippen LogP contribution in [0.4, 0.5) is 0 Å². The molecule has 1 aromatic rings. The molecule has 0 saturated carbocycles. The maximum absolute atomic E-state index is 12.4. The summed E-state index contributed by atoms with van der Waals surface area (Å²) in [5.74, 6) is -0.608. The molecule has 1 aromatic carbocycles. The van der Waals surface area contributed by atoms with Gasteiger partial charge in [0, 0.05) is 25.4 Å². The Hall–Kier alpha value is -1.84. The summed E-state index contributed by atoms with van der Waals surface area (Å²) in [5, 5.41) is 9.48. The number of benzene rings is 1. The van der Waals surface area contributed by atoms with Crippen molar-refractivity contribution in [2.24, 2.45) is 17.8 Å². The zero-order valence-electron chi connectivity index (χ0n) is 13.5. The number of aliphatic carboxylic acids is 1. The van der Waals surface area contributed by atoms with Gasteiger partial charge in [-0.25, -0.2) is 0 Å². The van der Waals surface area contributed by atoms with Crippen LogP contribution in [0.15, 0.2) is 30.3 Å². The predicted octanol–water partition coefficient (Wildman–Crippen LogP) is 3.00. The maximum atomic E-state index is 12.4. The van der Waals surface area contributed by atoms with Gasteiger partial charge in [0.25, 0.3) is 0 Å². The molecule has 4 nitrogen and oxygen atoms in total. The van der Waals surface area contributed by atoms with Crippen molar-refractivity contribution < 1.29 is 14.7 Å². The molecule has 0 bridgehead atoms. The number of hydrogen-bond donors (Lipinski definition) is 1. The minimum absolute atomic E-state index is 0.0749. The van der Waals surface area contributed by atoms with Crippen LogP contribution in [-0.4, -0.2) is 35.0 Å². The molecule has 22 heavy (non-hydrogen) atoms. The van der Waals surface area contributed by atoms with Crippen LogP contribution in [0.25, 0.3) is 0 Å². The van der Waals surface area contributed by atoms with Crippen molar-refractivity contribution in [1.29, 1.82) is 0 Å². The van der Waals surface area contributed by atoms with Crippen LogP contribution in [0.1, 0.15) is 38.7 Å². The molecule has 1 aliphatic heterocycles. The van der Waals surface area contributed by atoms with Gasteiger partial charge < -0.3 is 10.0 Å². The average molecular weight is 303 g/mol. The lowest BCUT2D eigenvalue weighted by molar-refractivity contribution is -0.141. The van der Waals surface area contributed by atoms with Gasteiger partial charge in [-0.2, -0.15) is 0 Å². The van der Waals surface area contributed by atoms with Crippen molar-refractivity contribution in [3.63, 3.8) is 0 Å². The third kappa shape index (κ3) is 3.67. The smallest absolute Gasteiger partial charge is 0.308 e. The van der Waals surface area contributed by atoms with Gasteiger partial charge in [-0.1, -0.05) is 51.1 Å². The molecule has 1 aliphatic rings. The second kappa shape index (κ2) is 6.95. The Bertz CT molecular complexity index is 526. The lowest BCUT2D eigenvalue weighted by Crippen LogP contribution is -2.31. The fourth-order valence-corrected chi connectivity index (χ4v) is 2.94. The highest BCUT2D eigenvalue weighted by Crippen LogP contribution is 2.33. The lowest BCUT2D eigenvalue weighted by atomic mass is 9.89. The van der Waals surface area contributed by atoms with E-state index in [4.69, 9.17) is 0 Å². The Kier molecular flexibility index (Phi) is 5.22. The summed E-state index contributed by atoms with van der Waals surface area (Å²) in [4.78, 5) is 25.7. The molecule has 3 atom stereocenters. The van der Waals surface area contributed by atoms with Gasteiger partial charge in [0.2, 0.25) is 5.91 Å². The normalized spacial score (nSPS) is 22.8. The molecule has 1 saturated heterocycles. The van der Waals surface area contributed by atoms with E-state index in [1.54, 1.807) is 4.90 Å². The first kappa shape index (κ1) is 16.5. The number of carboxylic acid groups (broad SMARTS) is 1. The highest BCUT2D eigenvalue weighted by Gasteiger charge is 2.40. The number of carboxylic acids is 1. The summed E-state index contributed by atoms with van der Waals surface area (Å²) >= 11 is 0. The first-order valence-electron chi connectivity index (χ1n) is 7.95. The Morgan fingerprint density at radius 3 is 2.36 bits per heavy atom. The molecular formula is C18H25NO3. The van der Waals surface area contributed by atoms with E-state index in [1.807, 2.05) is 30.3 Å². The number of carbonyl (C=O) groups is 2. The molecule has 0 aliphatic carbocycles.